The van der Waals surface area contributed by atoms with Gasteiger partial charge in [0.2, 0.25) is 0 Å². The summed E-state index contributed by atoms with van der Waals surface area (Å²) in [6.07, 6.45) is 38.6. The molecular weight excluding hydrogens is 492 g/mol. The Hall–Kier alpha value is -0.860. The van der Waals surface area contributed by atoms with E-state index >= 15 is 0 Å². The van der Waals surface area contributed by atoms with Gasteiger partial charge in [-0.15, -0.1) is 0 Å². The smallest absolute Gasteiger partial charge is 0.313 e. The SMILES string of the molecule is CCCCCCCCCCCCCCCC(=O)OC(=O)CCCCCCCCCCCCCC(C)CCCCC. The predicted molar refractivity (Wildman–Crippen MR) is 175 cm³/mol. The van der Waals surface area contributed by atoms with E-state index < -0.39 is 0 Å². The third-order valence-electron chi connectivity index (χ3n) is 8.59. The molecule has 0 aliphatic heterocycles. The van der Waals surface area contributed by atoms with Crippen LogP contribution >= 0.6 is 0 Å². The molecule has 0 aliphatic carbocycles. The number of carbonyl (C=O) groups excluding carboxylic acids is 2. The van der Waals surface area contributed by atoms with Crippen molar-refractivity contribution in [3.8, 4) is 0 Å². The fourth-order valence-corrected chi connectivity index (χ4v) is 5.76. The Morgan fingerprint density at radius 3 is 1.00 bits per heavy atom. The second-order valence-corrected chi connectivity index (χ2v) is 12.9. The standard InChI is InChI=1S/C37H72O3/c1-4-6-8-9-10-11-12-13-16-19-22-25-29-33-36(38)40-37(39)34-30-26-23-20-17-14-15-18-21-24-28-32-35(3)31-27-7-5-2/h35H,4-34H2,1-3H3. The van der Waals surface area contributed by atoms with Crippen LogP contribution in [0.4, 0.5) is 0 Å². The van der Waals surface area contributed by atoms with Crippen molar-refractivity contribution in [1.29, 1.82) is 0 Å². The Bertz CT molecular complexity index is 530. The number of hydrogen-bond acceptors (Lipinski definition) is 3. The molecule has 0 bridgehead atoms. The molecule has 0 heterocycles. The molecule has 0 amide bonds. The summed E-state index contributed by atoms with van der Waals surface area (Å²) in [5.74, 6) is 0.271. The summed E-state index contributed by atoms with van der Waals surface area (Å²) >= 11 is 0. The Balaban J connectivity index is 3.31. The first-order valence-corrected chi connectivity index (χ1v) is 18.3. The van der Waals surface area contributed by atoms with Gasteiger partial charge in [-0.1, -0.05) is 194 Å². The fraction of sp³-hybridized carbons (Fsp3) is 0.946. The van der Waals surface area contributed by atoms with E-state index in [1.165, 1.54) is 161 Å². The van der Waals surface area contributed by atoms with Crippen molar-refractivity contribution in [3.05, 3.63) is 0 Å². The molecule has 0 aromatic heterocycles. The maximum atomic E-state index is 11.9. The summed E-state index contributed by atoms with van der Waals surface area (Å²) in [6.45, 7) is 6.99. The molecule has 0 aliphatic rings. The highest BCUT2D eigenvalue weighted by Crippen LogP contribution is 2.18. The summed E-state index contributed by atoms with van der Waals surface area (Å²) in [5, 5.41) is 0. The topological polar surface area (TPSA) is 43.4 Å². The highest BCUT2D eigenvalue weighted by molar-refractivity contribution is 5.85. The monoisotopic (exact) mass is 565 g/mol. The first-order valence-electron chi connectivity index (χ1n) is 18.3. The highest BCUT2D eigenvalue weighted by atomic mass is 16.6. The molecule has 0 saturated heterocycles. The molecule has 0 N–H and O–H groups in total. The lowest BCUT2D eigenvalue weighted by Gasteiger charge is -2.10. The first-order chi connectivity index (χ1) is 19.6. The zero-order chi connectivity index (χ0) is 29.4. The van der Waals surface area contributed by atoms with Gasteiger partial charge in [0, 0.05) is 12.8 Å². The van der Waals surface area contributed by atoms with Crippen LogP contribution in [0, 0.1) is 5.92 Å². The molecule has 3 heteroatoms. The average Bonchev–Trinajstić information content (AvgIpc) is 2.94. The minimum Gasteiger partial charge on any atom is -0.393 e. The van der Waals surface area contributed by atoms with Crippen molar-refractivity contribution in [3.63, 3.8) is 0 Å². The molecule has 0 rings (SSSR count). The lowest BCUT2D eigenvalue weighted by atomic mass is 9.96. The Morgan fingerprint density at radius 1 is 0.400 bits per heavy atom. The zero-order valence-corrected chi connectivity index (χ0v) is 27.7. The molecule has 1 atom stereocenters. The van der Waals surface area contributed by atoms with Gasteiger partial charge in [-0.3, -0.25) is 9.59 Å². The second kappa shape index (κ2) is 32.7. The van der Waals surface area contributed by atoms with Crippen molar-refractivity contribution in [2.75, 3.05) is 0 Å². The number of hydrogen-bond donors (Lipinski definition) is 0. The number of carbonyl (C=O) groups is 2. The lowest BCUT2D eigenvalue weighted by Crippen LogP contribution is -2.11. The van der Waals surface area contributed by atoms with Crippen LogP contribution in [-0.4, -0.2) is 11.9 Å². The molecule has 0 saturated carbocycles. The van der Waals surface area contributed by atoms with E-state index in [-0.39, 0.29) is 11.9 Å². The van der Waals surface area contributed by atoms with Gasteiger partial charge in [0.1, 0.15) is 0 Å². The van der Waals surface area contributed by atoms with Crippen LogP contribution in [-0.2, 0) is 14.3 Å². The summed E-state index contributed by atoms with van der Waals surface area (Å²) in [5.41, 5.74) is 0. The Labute approximate surface area is 251 Å². The molecule has 0 spiro atoms. The normalized spacial score (nSPS) is 12.1. The summed E-state index contributed by atoms with van der Waals surface area (Å²) in [7, 11) is 0. The maximum absolute atomic E-state index is 11.9. The van der Waals surface area contributed by atoms with Gasteiger partial charge < -0.3 is 4.74 Å². The molecular formula is C37H72O3. The van der Waals surface area contributed by atoms with Gasteiger partial charge in [-0.25, -0.2) is 0 Å². The third-order valence-corrected chi connectivity index (χ3v) is 8.59. The van der Waals surface area contributed by atoms with Crippen LogP contribution in [0.1, 0.15) is 220 Å². The van der Waals surface area contributed by atoms with Crippen LogP contribution < -0.4 is 0 Å². The van der Waals surface area contributed by atoms with Crippen LogP contribution in [0.3, 0.4) is 0 Å². The molecule has 238 valence electrons. The van der Waals surface area contributed by atoms with Gasteiger partial charge in [0.05, 0.1) is 0 Å². The van der Waals surface area contributed by atoms with Crippen molar-refractivity contribution < 1.29 is 14.3 Å². The molecule has 1 unspecified atom stereocenters. The fourth-order valence-electron chi connectivity index (χ4n) is 5.76. The van der Waals surface area contributed by atoms with E-state index in [9.17, 15) is 9.59 Å². The van der Waals surface area contributed by atoms with Crippen molar-refractivity contribution in [2.24, 2.45) is 5.92 Å². The van der Waals surface area contributed by atoms with Crippen LogP contribution in [0.5, 0.6) is 0 Å². The van der Waals surface area contributed by atoms with Gasteiger partial charge in [-0.05, 0) is 18.8 Å². The minimum absolute atomic E-state index is 0.324. The van der Waals surface area contributed by atoms with Crippen molar-refractivity contribution >= 4 is 11.9 Å². The van der Waals surface area contributed by atoms with Crippen LogP contribution in [0.15, 0.2) is 0 Å². The van der Waals surface area contributed by atoms with Crippen molar-refractivity contribution in [2.45, 2.75) is 220 Å². The van der Waals surface area contributed by atoms with Crippen LogP contribution in [0.25, 0.3) is 0 Å². The van der Waals surface area contributed by atoms with Gasteiger partial charge >= 0.3 is 11.9 Å². The Morgan fingerprint density at radius 2 is 0.650 bits per heavy atom. The second-order valence-electron chi connectivity index (χ2n) is 12.9. The lowest BCUT2D eigenvalue weighted by molar-refractivity contribution is -0.159. The number of rotatable bonds is 32. The molecule has 0 fully saturated rings. The summed E-state index contributed by atoms with van der Waals surface area (Å²) in [6, 6.07) is 0. The Kier molecular flexibility index (Phi) is 31.9. The van der Waals surface area contributed by atoms with Crippen LogP contribution in [0.2, 0.25) is 0 Å². The predicted octanol–water partition coefficient (Wildman–Crippen LogP) is 12.8. The average molecular weight is 565 g/mol. The minimum atomic E-state index is -0.324. The van der Waals surface area contributed by atoms with Gasteiger partial charge in [-0.2, -0.15) is 0 Å². The van der Waals surface area contributed by atoms with E-state index in [0.29, 0.717) is 12.8 Å². The highest BCUT2D eigenvalue weighted by Gasteiger charge is 2.10. The third kappa shape index (κ3) is 31.7. The molecule has 40 heavy (non-hydrogen) atoms. The van der Waals surface area contributed by atoms with E-state index in [4.69, 9.17) is 4.74 Å². The van der Waals surface area contributed by atoms with Gasteiger partial charge in [0.15, 0.2) is 0 Å². The van der Waals surface area contributed by atoms with Gasteiger partial charge in [0.25, 0.3) is 0 Å². The number of ether oxygens (including phenoxy) is 1. The maximum Gasteiger partial charge on any atom is 0.313 e. The van der Waals surface area contributed by atoms with E-state index in [1.54, 1.807) is 0 Å². The molecule has 0 aromatic rings. The summed E-state index contributed by atoms with van der Waals surface area (Å²) < 4.78 is 5.01. The van der Waals surface area contributed by atoms with E-state index in [2.05, 4.69) is 20.8 Å². The number of unbranched alkanes of at least 4 members (excludes halogenated alkanes) is 24. The molecule has 3 nitrogen and oxygen atoms in total. The largest absolute Gasteiger partial charge is 0.393 e. The summed E-state index contributed by atoms with van der Waals surface area (Å²) in [4.78, 5) is 23.8. The number of esters is 2. The van der Waals surface area contributed by atoms with E-state index in [1.807, 2.05) is 0 Å². The quantitative estimate of drug-likeness (QED) is 0.0463. The first kappa shape index (κ1) is 39.1. The van der Waals surface area contributed by atoms with E-state index in [0.717, 1.165) is 31.6 Å². The van der Waals surface area contributed by atoms with Crippen molar-refractivity contribution in [1.82, 2.24) is 0 Å². The molecule has 0 aromatic carbocycles. The molecule has 0 radical (unpaired) electrons. The zero-order valence-electron chi connectivity index (χ0n) is 27.7.